The summed E-state index contributed by atoms with van der Waals surface area (Å²) in [7, 11) is 0. The Hall–Kier alpha value is -0.300. The van der Waals surface area contributed by atoms with Crippen LogP contribution in [0.2, 0.25) is 0 Å². The third kappa shape index (κ3) is 7.37. The summed E-state index contributed by atoms with van der Waals surface area (Å²) in [6.45, 7) is 28.3. The summed E-state index contributed by atoms with van der Waals surface area (Å²) in [5.74, 6) is 0.772. The molecule has 1 unspecified atom stereocenters. The Morgan fingerprint density at radius 2 is 1.58 bits per heavy atom. The molecule has 1 aliphatic heterocycles. The lowest BCUT2D eigenvalue weighted by Gasteiger charge is -2.45. The van der Waals surface area contributed by atoms with Gasteiger partial charge in [-0.1, -0.05) is 74.0 Å². The van der Waals surface area contributed by atoms with Gasteiger partial charge >= 0.3 is 0 Å². The highest BCUT2D eigenvalue weighted by molar-refractivity contribution is 5.03. The maximum atomic E-state index is 4.19. The van der Waals surface area contributed by atoms with Gasteiger partial charge in [-0.05, 0) is 73.0 Å². The van der Waals surface area contributed by atoms with Crippen LogP contribution in [-0.4, -0.2) is 13.1 Å². The van der Waals surface area contributed by atoms with Gasteiger partial charge in [0.25, 0.3) is 0 Å². The van der Waals surface area contributed by atoms with E-state index in [9.17, 15) is 0 Å². The molecule has 1 rings (SSSR count). The molecule has 1 heterocycles. The zero-order valence-electron chi connectivity index (χ0n) is 19.6. The molecule has 0 aliphatic carbocycles. The Bertz CT molecular complexity index is 445. The van der Waals surface area contributed by atoms with Crippen molar-refractivity contribution >= 4 is 0 Å². The van der Waals surface area contributed by atoms with Crippen molar-refractivity contribution in [3.8, 4) is 0 Å². The number of hydrogen-bond donors (Lipinski definition) is 1. The molecule has 1 nitrogen and oxygen atoms in total. The van der Waals surface area contributed by atoms with Gasteiger partial charge in [-0.15, -0.1) is 0 Å². The largest absolute Gasteiger partial charge is 0.316 e. The van der Waals surface area contributed by atoms with E-state index < -0.39 is 0 Å². The predicted molar refractivity (Wildman–Crippen MR) is 119 cm³/mol. The van der Waals surface area contributed by atoms with Crippen LogP contribution in [-0.2, 0) is 0 Å². The van der Waals surface area contributed by atoms with E-state index in [1.807, 2.05) is 0 Å². The molecule has 0 radical (unpaired) electrons. The highest BCUT2D eigenvalue weighted by Gasteiger charge is 2.37. The van der Waals surface area contributed by atoms with Crippen LogP contribution in [0.5, 0.6) is 0 Å². The molecule has 1 N–H and O–H groups in total. The van der Waals surface area contributed by atoms with Crippen molar-refractivity contribution in [1.29, 1.82) is 0 Å². The SMILES string of the molecule is C=C(C)C(C)(C)CC(C)CCC(C)(C)CC(C)(C)CCC1(CC)CNC1. The first-order chi connectivity index (χ1) is 11.7. The lowest BCUT2D eigenvalue weighted by atomic mass is 9.66. The standard InChI is InChI=1S/C25H49N/c1-11-25(18-26-19-25)15-14-23(7,8)17-22(5,6)13-12-21(4)16-24(9,10)20(2)3/h21,26H,2,11-19H2,1,3-10H3. The zero-order valence-corrected chi connectivity index (χ0v) is 19.6. The van der Waals surface area contributed by atoms with Crippen molar-refractivity contribution in [2.24, 2.45) is 27.6 Å². The number of nitrogens with one attached hydrogen (secondary N) is 1. The third-order valence-electron chi connectivity index (χ3n) is 7.37. The van der Waals surface area contributed by atoms with Crippen LogP contribution in [0, 0.1) is 27.6 Å². The molecule has 0 saturated carbocycles. The van der Waals surface area contributed by atoms with Crippen LogP contribution < -0.4 is 5.32 Å². The van der Waals surface area contributed by atoms with Gasteiger partial charge in [0, 0.05) is 13.1 Å². The monoisotopic (exact) mass is 363 g/mol. The minimum Gasteiger partial charge on any atom is -0.316 e. The summed E-state index contributed by atoms with van der Waals surface area (Å²) in [6.07, 6.45) is 9.35. The maximum Gasteiger partial charge on any atom is 0.00201 e. The topological polar surface area (TPSA) is 12.0 Å². The molecule has 0 spiro atoms. The van der Waals surface area contributed by atoms with E-state index in [1.54, 1.807) is 0 Å². The van der Waals surface area contributed by atoms with Crippen molar-refractivity contribution in [3.63, 3.8) is 0 Å². The first-order valence-corrected chi connectivity index (χ1v) is 11.1. The first-order valence-electron chi connectivity index (χ1n) is 11.1. The fourth-order valence-corrected chi connectivity index (χ4v) is 4.94. The molecule has 0 amide bonds. The maximum absolute atomic E-state index is 4.19. The van der Waals surface area contributed by atoms with Gasteiger partial charge in [0.05, 0.1) is 0 Å². The van der Waals surface area contributed by atoms with Gasteiger partial charge in [-0.2, -0.15) is 0 Å². The fourth-order valence-electron chi connectivity index (χ4n) is 4.94. The number of hydrogen-bond acceptors (Lipinski definition) is 1. The quantitative estimate of drug-likeness (QED) is 0.352. The minimum atomic E-state index is 0.272. The molecular weight excluding hydrogens is 314 g/mol. The fraction of sp³-hybridized carbons (Fsp3) is 0.920. The van der Waals surface area contributed by atoms with Crippen LogP contribution in [0.25, 0.3) is 0 Å². The van der Waals surface area contributed by atoms with Crippen molar-refractivity contribution in [2.75, 3.05) is 13.1 Å². The Balaban J connectivity index is 2.47. The predicted octanol–water partition coefficient (Wildman–Crippen LogP) is 7.62. The van der Waals surface area contributed by atoms with Gasteiger partial charge in [0.1, 0.15) is 0 Å². The summed E-state index contributed by atoms with van der Waals surface area (Å²) in [6, 6.07) is 0. The second kappa shape index (κ2) is 8.80. The molecular formula is C25H49N. The summed E-state index contributed by atoms with van der Waals surface area (Å²) < 4.78 is 0. The van der Waals surface area contributed by atoms with Crippen LogP contribution >= 0.6 is 0 Å². The Labute approximate surface area is 165 Å². The minimum absolute atomic E-state index is 0.272. The van der Waals surface area contributed by atoms with E-state index in [0.717, 1.165) is 5.92 Å². The molecule has 1 saturated heterocycles. The van der Waals surface area contributed by atoms with Gasteiger partial charge in [0.2, 0.25) is 0 Å². The molecule has 26 heavy (non-hydrogen) atoms. The third-order valence-corrected chi connectivity index (χ3v) is 7.37. The first kappa shape index (κ1) is 23.7. The number of rotatable bonds is 12. The van der Waals surface area contributed by atoms with Crippen molar-refractivity contribution in [1.82, 2.24) is 5.32 Å². The van der Waals surface area contributed by atoms with Crippen LogP contribution in [0.1, 0.15) is 107 Å². The van der Waals surface area contributed by atoms with Crippen LogP contribution in [0.15, 0.2) is 12.2 Å². The van der Waals surface area contributed by atoms with Crippen molar-refractivity contribution in [2.45, 2.75) is 107 Å². The Morgan fingerprint density at radius 3 is 2.00 bits per heavy atom. The molecule has 1 atom stereocenters. The van der Waals surface area contributed by atoms with Crippen LogP contribution in [0.3, 0.4) is 0 Å². The lowest BCUT2D eigenvalue weighted by Crippen LogP contribution is -2.53. The Morgan fingerprint density at radius 1 is 1.04 bits per heavy atom. The van der Waals surface area contributed by atoms with E-state index in [4.69, 9.17) is 0 Å². The molecule has 0 aromatic heterocycles. The van der Waals surface area contributed by atoms with Crippen molar-refractivity contribution < 1.29 is 0 Å². The normalized spacial score (nSPS) is 19.1. The molecule has 0 aromatic rings. The van der Waals surface area contributed by atoms with Crippen LogP contribution in [0.4, 0.5) is 0 Å². The lowest BCUT2D eigenvalue weighted by molar-refractivity contribution is 0.0949. The second-order valence-electron chi connectivity index (χ2n) is 12.0. The number of allylic oxidation sites excluding steroid dienone is 1. The molecule has 1 heteroatoms. The molecule has 154 valence electrons. The van der Waals surface area contributed by atoms with Gasteiger partial charge in [0.15, 0.2) is 0 Å². The zero-order chi connectivity index (χ0) is 20.2. The van der Waals surface area contributed by atoms with E-state index in [-0.39, 0.29) is 5.41 Å². The summed E-state index contributed by atoms with van der Waals surface area (Å²) in [5, 5.41) is 3.49. The van der Waals surface area contributed by atoms with Gasteiger partial charge in [-0.25, -0.2) is 0 Å². The average molecular weight is 364 g/mol. The summed E-state index contributed by atoms with van der Waals surface area (Å²) in [4.78, 5) is 0. The van der Waals surface area contributed by atoms with Gasteiger partial charge in [-0.3, -0.25) is 0 Å². The Kier molecular flexibility index (Phi) is 8.04. The molecule has 0 aromatic carbocycles. The molecule has 1 aliphatic rings. The highest BCUT2D eigenvalue weighted by Crippen LogP contribution is 2.44. The molecule has 0 bridgehead atoms. The van der Waals surface area contributed by atoms with E-state index >= 15 is 0 Å². The average Bonchev–Trinajstić information content (AvgIpc) is 2.43. The van der Waals surface area contributed by atoms with E-state index in [0.29, 0.717) is 16.2 Å². The van der Waals surface area contributed by atoms with E-state index in [1.165, 1.54) is 63.6 Å². The smallest absolute Gasteiger partial charge is 0.00201 e. The van der Waals surface area contributed by atoms with Gasteiger partial charge < -0.3 is 5.32 Å². The molecule has 1 fully saturated rings. The van der Waals surface area contributed by atoms with E-state index in [2.05, 4.69) is 74.2 Å². The second-order valence-corrected chi connectivity index (χ2v) is 12.0. The highest BCUT2D eigenvalue weighted by atomic mass is 15.0. The summed E-state index contributed by atoms with van der Waals surface area (Å²) >= 11 is 0. The summed E-state index contributed by atoms with van der Waals surface area (Å²) in [5.41, 5.74) is 3.07. The van der Waals surface area contributed by atoms with Crippen molar-refractivity contribution in [3.05, 3.63) is 12.2 Å².